The van der Waals surface area contributed by atoms with Crippen molar-refractivity contribution in [2.75, 3.05) is 20.6 Å². The molecule has 1 aromatic rings. The van der Waals surface area contributed by atoms with Crippen LogP contribution in [0.1, 0.15) is 12.0 Å². The highest BCUT2D eigenvalue weighted by molar-refractivity contribution is 5.14. The molecular weight excluding hydrogens is 146 g/mol. The van der Waals surface area contributed by atoms with E-state index >= 15 is 0 Å². The molecule has 1 heteroatoms. The van der Waals surface area contributed by atoms with E-state index in [-0.39, 0.29) is 0 Å². The van der Waals surface area contributed by atoms with Crippen molar-refractivity contribution in [1.82, 2.24) is 4.90 Å². The van der Waals surface area contributed by atoms with Crippen molar-refractivity contribution in [3.05, 3.63) is 35.9 Å². The smallest absolute Gasteiger partial charge is 0.00217 e. The van der Waals surface area contributed by atoms with Gasteiger partial charge < -0.3 is 4.90 Å². The number of aryl methyl sites for hydroxylation is 1. The Morgan fingerprint density at radius 1 is 1.08 bits per heavy atom. The lowest BCUT2D eigenvalue weighted by atomic mass is 10.1. The molecule has 0 N–H and O–H groups in total. The Balaban J connectivity index is 2.25. The Morgan fingerprint density at radius 3 is 2.33 bits per heavy atom. The molecule has 12 heavy (non-hydrogen) atoms. The van der Waals surface area contributed by atoms with E-state index in [2.05, 4.69) is 49.3 Å². The first kappa shape index (κ1) is 9.27. The molecule has 0 spiro atoms. The summed E-state index contributed by atoms with van der Waals surface area (Å²) in [6.45, 7) is 1.18. The van der Waals surface area contributed by atoms with E-state index in [1.165, 1.54) is 24.9 Å². The van der Waals surface area contributed by atoms with E-state index < -0.39 is 0 Å². The highest BCUT2D eigenvalue weighted by atomic mass is 15.0. The SMILES string of the molecule is CN(C)CCCc1ccccc1. The van der Waals surface area contributed by atoms with E-state index in [1.54, 1.807) is 0 Å². The first-order valence-electron chi connectivity index (χ1n) is 4.47. The number of hydrogen-bond donors (Lipinski definition) is 0. The first-order chi connectivity index (χ1) is 5.79. The number of benzene rings is 1. The molecule has 1 aromatic carbocycles. The van der Waals surface area contributed by atoms with Crippen LogP contribution in [0.15, 0.2) is 30.3 Å². The van der Waals surface area contributed by atoms with E-state index in [9.17, 15) is 0 Å². The maximum Gasteiger partial charge on any atom is -0.00217 e. The van der Waals surface area contributed by atoms with E-state index in [4.69, 9.17) is 0 Å². The molecule has 0 radical (unpaired) electrons. The van der Waals surface area contributed by atoms with Crippen molar-refractivity contribution in [1.29, 1.82) is 0 Å². The minimum Gasteiger partial charge on any atom is -0.309 e. The first-order valence-corrected chi connectivity index (χ1v) is 4.47. The van der Waals surface area contributed by atoms with Gasteiger partial charge in [-0.15, -0.1) is 0 Å². The zero-order valence-corrected chi connectivity index (χ0v) is 7.96. The van der Waals surface area contributed by atoms with Crippen LogP contribution >= 0.6 is 0 Å². The summed E-state index contributed by atoms with van der Waals surface area (Å²) in [4.78, 5) is 2.23. The Labute approximate surface area is 75.0 Å². The largest absolute Gasteiger partial charge is 0.309 e. The highest BCUT2D eigenvalue weighted by Crippen LogP contribution is 2.02. The van der Waals surface area contributed by atoms with Crippen molar-refractivity contribution in [3.8, 4) is 0 Å². The molecule has 0 saturated heterocycles. The van der Waals surface area contributed by atoms with Crippen LogP contribution in [0.25, 0.3) is 0 Å². The molecule has 0 fully saturated rings. The lowest BCUT2D eigenvalue weighted by molar-refractivity contribution is 0.400. The molecule has 0 saturated carbocycles. The van der Waals surface area contributed by atoms with Crippen molar-refractivity contribution in [2.24, 2.45) is 0 Å². The molecule has 1 nitrogen and oxygen atoms in total. The normalized spacial score (nSPS) is 10.6. The fourth-order valence-electron chi connectivity index (χ4n) is 1.24. The van der Waals surface area contributed by atoms with Gasteiger partial charge in [0.2, 0.25) is 0 Å². The third kappa shape index (κ3) is 3.54. The van der Waals surface area contributed by atoms with Crippen LogP contribution in [0.5, 0.6) is 0 Å². The summed E-state index contributed by atoms with van der Waals surface area (Å²) in [5, 5.41) is 0. The molecule has 0 aliphatic rings. The molecule has 0 aromatic heterocycles. The summed E-state index contributed by atoms with van der Waals surface area (Å²) in [6.07, 6.45) is 2.44. The fraction of sp³-hybridized carbons (Fsp3) is 0.455. The van der Waals surface area contributed by atoms with Crippen LogP contribution in [-0.4, -0.2) is 25.5 Å². The molecule has 0 unspecified atom stereocenters. The molecule has 0 aliphatic carbocycles. The maximum absolute atomic E-state index is 2.23. The lowest BCUT2D eigenvalue weighted by Gasteiger charge is -2.08. The predicted octanol–water partition coefficient (Wildman–Crippen LogP) is 2.18. The number of hydrogen-bond acceptors (Lipinski definition) is 1. The third-order valence-corrected chi connectivity index (χ3v) is 1.91. The topological polar surface area (TPSA) is 3.24 Å². The second kappa shape index (κ2) is 4.94. The van der Waals surface area contributed by atoms with Crippen molar-refractivity contribution < 1.29 is 0 Å². The average molecular weight is 163 g/mol. The highest BCUT2D eigenvalue weighted by Gasteiger charge is 1.92. The van der Waals surface area contributed by atoms with Gasteiger partial charge in [0, 0.05) is 0 Å². The predicted molar refractivity (Wildman–Crippen MR) is 53.3 cm³/mol. The Bertz CT molecular complexity index is 204. The summed E-state index contributed by atoms with van der Waals surface area (Å²) in [5.74, 6) is 0. The third-order valence-electron chi connectivity index (χ3n) is 1.91. The van der Waals surface area contributed by atoms with Gasteiger partial charge in [0.05, 0.1) is 0 Å². The Kier molecular flexibility index (Phi) is 3.81. The molecule has 66 valence electrons. The van der Waals surface area contributed by atoms with Gasteiger partial charge in [-0.1, -0.05) is 30.3 Å². The van der Waals surface area contributed by atoms with Crippen LogP contribution in [0.3, 0.4) is 0 Å². The summed E-state index contributed by atoms with van der Waals surface area (Å²) in [6, 6.07) is 10.6. The van der Waals surface area contributed by atoms with Crippen LogP contribution in [0.2, 0.25) is 0 Å². The molecule has 0 atom stereocenters. The zero-order valence-electron chi connectivity index (χ0n) is 7.96. The second-order valence-corrected chi connectivity index (χ2v) is 3.39. The Morgan fingerprint density at radius 2 is 1.75 bits per heavy atom. The van der Waals surface area contributed by atoms with Crippen molar-refractivity contribution in [2.45, 2.75) is 12.8 Å². The summed E-state index contributed by atoms with van der Waals surface area (Å²) < 4.78 is 0. The van der Waals surface area contributed by atoms with Gasteiger partial charge in [-0.2, -0.15) is 0 Å². The van der Waals surface area contributed by atoms with Crippen LogP contribution < -0.4 is 0 Å². The number of nitrogens with zero attached hydrogens (tertiary/aromatic N) is 1. The molecule has 0 amide bonds. The minimum absolute atomic E-state index is 1.18. The second-order valence-electron chi connectivity index (χ2n) is 3.39. The molecule has 0 heterocycles. The fourth-order valence-corrected chi connectivity index (χ4v) is 1.24. The van der Waals surface area contributed by atoms with Crippen LogP contribution in [-0.2, 0) is 6.42 Å². The van der Waals surface area contributed by atoms with Gasteiger partial charge >= 0.3 is 0 Å². The quantitative estimate of drug-likeness (QED) is 0.657. The summed E-state index contributed by atoms with van der Waals surface area (Å²) in [5.41, 5.74) is 1.44. The number of rotatable bonds is 4. The molecular formula is C11H17N. The summed E-state index contributed by atoms with van der Waals surface area (Å²) in [7, 11) is 4.23. The van der Waals surface area contributed by atoms with Crippen LogP contribution in [0.4, 0.5) is 0 Å². The maximum atomic E-state index is 2.23. The monoisotopic (exact) mass is 163 g/mol. The van der Waals surface area contributed by atoms with E-state index in [0.717, 1.165) is 0 Å². The van der Waals surface area contributed by atoms with Gasteiger partial charge in [0.15, 0.2) is 0 Å². The van der Waals surface area contributed by atoms with Crippen LogP contribution in [0, 0.1) is 0 Å². The van der Waals surface area contributed by atoms with E-state index in [1.807, 2.05) is 0 Å². The van der Waals surface area contributed by atoms with Gasteiger partial charge in [-0.3, -0.25) is 0 Å². The van der Waals surface area contributed by atoms with Gasteiger partial charge in [-0.25, -0.2) is 0 Å². The molecule has 0 aliphatic heterocycles. The Hall–Kier alpha value is -0.820. The average Bonchev–Trinajstić information content (AvgIpc) is 2.05. The van der Waals surface area contributed by atoms with E-state index in [0.29, 0.717) is 0 Å². The van der Waals surface area contributed by atoms with Gasteiger partial charge in [-0.05, 0) is 39.0 Å². The van der Waals surface area contributed by atoms with Gasteiger partial charge in [0.25, 0.3) is 0 Å². The summed E-state index contributed by atoms with van der Waals surface area (Å²) >= 11 is 0. The minimum atomic E-state index is 1.18. The standard InChI is InChI=1S/C11H17N/c1-12(2)10-6-9-11-7-4-3-5-8-11/h3-5,7-8H,6,9-10H2,1-2H3. The van der Waals surface area contributed by atoms with Crippen molar-refractivity contribution >= 4 is 0 Å². The zero-order chi connectivity index (χ0) is 8.81. The van der Waals surface area contributed by atoms with Crippen molar-refractivity contribution in [3.63, 3.8) is 0 Å². The lowest BCUT2D eigenvalue weighted by Crippen LogP contribution is -2.13. The molecule has 1 rings (SSSR count). The molecule has 0 bridgehead atoms. The van der Waals surface area contributed by atoms with Gasteiger partial charge in [0.1, 0.15) is 0 Å².